The zero-order valence-corrected chi connectivity index (χ0v) is 13.5. The van der Waals surface area contributed by atoms with Gasteiger partial charge in [0.1, 0.15) is 11.9 Å². The maximum atomic E-state index is 12.0. The van der Waals surface area contributed by atoms with Crippen molar-refractivity contribution < 1.29 is 9.59 Å². The van der Waals surface area contributed by atoms with Gasteiger partial charge in [0.2, 0.25) is 5.91 Å². The molecular weight excluding hydrogens is 327 g/mol. The summed E-state index contributed by atoms with van der Waals surface area (Å²) in [5.74, 6) is -0.548. The molecule has 0 fully saturated rings. The van der Waals surface area contributed by atoms with Crippen molar-refractivity contribution in [2.75, 3.05) is 6.54 Å². The third-order valence-electron chi connectivity index (χ3n) is 2.80. The summed E-state index contributed by atoms with van der Waals surface area (Å²) in [4.78, 5) is 23.3. The predicted octanol–water partition coefficient (Wildman–Crippen LogP) is 1.06. The van der Waals surface area contributed by atoms with Crippen molar-refractivity contribution in [1.29, 1.82) is 0 Å². The van der Waals surface area contributed by atoms with Crippen molar-refractivity contribution in [2.45, 2.75) is 18.9 Å². The van der Waals surface area contributed by atoms with E-state index in [1.54, 1.807) is 24.3 Å². The molecule has 0 saturated heterocycles. The minimum atomic E-state index is -0.722. The van der Waals surface area contributed by atoms with Crippen LogP contribution in [-0.2, 0) is 4.79 Å². The Morgan fingerprint density at radius 1 is 1.23 bits per heavy atom. The summed E-state index contributed by atoms with van der Waals surface area (Å²) in [6.45, 7) is 0.528. The van der Waals surface area contributed by atoms with E-state index in [-0.39, 0.29) is 18.3 Å². The highest BCUT2D eigenvalue weighted by molar-refractivity contribution is 6.25. The molecule has 22 heavy (non-hydrogen) atoms. The molecule has 0 aliphatic carbocycles. The van der Waals surface area contributed by atoms with Crippen LogP contribution in [0.3, 0.4) is 0 Å². The number of rotatable bonds is 8. The van der Waals surface area contributed by atoms with E-state index in [2.05, 4.69) is 10.6 Å². The molecule has 0 bridgehead atoms. The lowest BCUT2D eigenvalue weighted by Gasteiger charge is -2.15. The Labute approximate surface area is 140 Å². The van der Waals surface area contributed by atoms with E-state index in [0.29, 0.717) is 30.8 Å². The number of nitrogens with one attached hydrogen (secondary N) is 2. The second-order valence-corrected chi connectivity index (χ2v) is 4.65. The van der Waals surface area contributed by atoms with Crippen LogP contribution in [0.2, 0.25) is 0 Å². The highest BCUT2D eigenvalue weighted by Crippen LogP contribution is 2.02. The highest BCUT2D eigenvalue weighted by Gasteiger charge is 2.18. The molecule has 1 aromatic rings. The second kappa shape index (κ2) is 10.8. The molecule has 2 amide bonds. The first-order chi connectivity index (χ1) is 10.0. The number of hydrogen-bond acceptors (Lipinski definition) is 4. The van der Waals surface area contributed by atoms with Crippen LogP contribution in [0.25, 0.3) is 0 Å². The molecule has 0 saturated carbocycles. The average Bonchev–Trinajstić information content (AvgIpc) is 2.50. The van der Waals surface area contributed by atoms with E-state index in [0.717, 1.165) is 0 Å². The summed E-state index contributed by atoms with van der Waals surface area (Å²) < 4.78 is 0. The Bertz CT molecular complexity index is 509. The van der Waals surface area contributed by atoms with Gasteiger partial charge in [0.15, 0.2) is 0 Å². The lowest BCUT2D eigenvalue weighted by molar-refractivity contribution is -0.120. The third kappa shape index (κ3) is 7.19. The number of hydrogen-bond donors (Lipinski definition) is 4. The number of primary amides is 1. The van der Waals surface area contributed by atoms with Gasteiger partial charge in [-0.25, -0.2) is 0 Å². The van der Waals surface area contributed by atoms with E-state index in [9.17, 15) is 9.59 Å². The molecular formula is C14H20Cl2N4O2. The Hall–Kier alpha value is -1.92. The van der Waals surface area contributed by atoms with Crippen molar-refractivity contribution >= 4 is 35.8 Å². The number of carbonyl (C=O) groups excluding carboxylic acids is 2. The number of benzene rings is 1. The summed E-state index contributed by atoms with van der Waals surface area (Å²) >= 11 is 5.40. The van der Waals surface area contributed by atoms with Crippen LogP contribution in [0.4, 0.5) is 0 Å². The van der Waals surface area contributed by atoms with E-state index in [4.69, 9.17) is 23.1 Å². The van der Waals surface area contributed by atoms with Crippen LogP contribution in [0.1, 0.15) is 23.2 Å². The minimum Gasteiger partial charge on any atom is -0.385 e. The van der Waals surface area contributed by atoms with Crippen molar-refractivity contribution in [2.24, 2.45) is 11.5 Å². The molecule has 1 atom stereocenters. The molecule has 0 aromatic heterocycles. The summed E-state index contributed by atoms with van der Waals surface area (Å²) in [6, 6.07) is 7.92. The van der Waals surface area contributed by atoms with Crippen LogP contribution in [0.5, 0.6) is 0 Å². The number of nitrogens with two attached hydrogens (primary N) is 2. The van der Waals surface area contributed by atoms with Gasteiger partial charge in [0, 0.05) is 17.6 Å². The molecule has 1 aromatic carbocycles. The summed E-state index contributed by atoms with van der Waals surface area (Å²) in [5.41, 5.74) is 12.5. The second-order valence-electron chi connectivity index (χ2n) is 4.43. The zero-order valence-electron chi connectivity index (χ0n) is 11.9. The van der Waals surface area contributed by atoms with E-state index < -0.39 is 11.9 Å². The van der Waals surface area contributed by atoms with Gasteiger partial charge in [-0.1, -0.05) is 29.8 Å². The summed E-state index contributed by atoms with van der Waals surface area (Å²) in [7, 11) is 0. The van der Waals surface area contributed by atoms with Crippen LogP contribution >= 0.6 is 24.0 Å². The molecule has 0 aliphatic heterocycles. The van der Waals surface area contributed by atoms with Gasteiger partial charge in [-0.2, -0.15) is 0 Å². The predicted molar refractivity (Wildman–Crippen MR) is 89.5 cm³/mol. The van der Waals surface area contributed by atoms with E-state index >= 15 is 0 Å². The molecule has 1 rings (SSSR count). The SMILES string of the molecule is Cl.NC(=O)[C@H](CCCNC(N)=CCl)NC(=O)c1ccccc1. The first kappa shape index (κ1) is 20.1. The van der Waals surface area contributed by atoms with Gasteiger partial charge in [-0.05, 0) is 25.0 Å². The monoisotopic (exact) mass is 346 g/mol. The lowest BCUT2D eigenvalue weighted by Crippen LogP contribution is -2.44. The topological polar surface area (TPSA) is 110 Å². The van der Waals surface area contributed by atoms with Gasteiger partial charge in [0.05, 0.1) is 0 Å². The van der Waals surface area contributed by atoms with Crippen LogP contribution in [0, 0.1) is 0 Å². The summed E-state index contributed by atoms with van der Waals surface area (Å²) in [6.07, 6.45) is 1.02. The average molecular weight is 347 g/mol. The highest BCUT2D eigenvalue weighted by atomic mass is 35.5. The fourth-order valence-corrected chi connectivity index (χ4v) is 1.77. The van der Waals surface area contributed by atoms with E-state index in [1.807, 2.05) is 6.07 Å². The molecule has 0 aliphatic rings. The molecule has 6 N–H and O–H groups in total. The first-order valence-corrected chi connectivity index (χ1v) is 6.93. The van der Waals surface area contributed by atoms with Gasteiger partial charge < -0.3 is 22.1 Å². The van der Waals surface area contributed by atoms with Crippen molar-refractivity contribution in [3.05, 3.63) is 47.3 Å². The maximum absolute atomic E-state index is 12.0. The van der Waals surface area contributed by atoms with Gasteiger partial charge >= 0.3 is 0 Å². The van der Waals surface area contributed by atoms with Crippen LogP contribution in [-0.4, -0.2) is 24.4 Å². The fourth-order valence-electron chi connectivity index (χ4n) is 1.69. The molecule has 0 radical (unpaired) electrons. The van der Waals surface area contributed by atoms with Gasteiger partial charge in [-0.15, -0.1) is 12.4 Å². The Balaban J connectivity index is 0.00000441. The lowest BCUT2D eigenvalue weighted by atomic mass is 10.1. The molecule has 122 valence electrons. The number of amides is 2. The van der Waals surface area contributed by atoms with Crippen molar-refractivity contribution in [3.63, 3.8) is 0 Å². The Morgan fingerprint density at radius 3 is 2.41 bits per heavy atom. The van der Waals surface area contributed by atoms with Crippen molar-refractivity contribution in [1.82, 2.24) is 10.6 Å². The minimum absolute atomic E-state index is 0. The Morgan fingerprint density at radius 2 is 1.86 bits per heavy atom. The molecule has 8 heteroatoms. The van der Waals surface area contributed by atoms with Gasteiger partial charge in [-0.3, -0.25) is 9.59 Å². The molecule has 6 nitrogen and oxygen atoms in total. The largest absolute Gasteiger partial charge is 0.385 e. The van der Waals surface area contributed by atoms with Crippen LogP contribution in [0.15, 0.2) is 41.7 Å². The molecule has 0 unspecified atom stereocenters. The number of carbonyl (C=O) groups is 2. The summed E-state index contributed by atoms with van der Waals surface area (Å²) in [5, 5.41) is 5.48. The van der Waals surface area contributed by atoms with Gasteiger partial charge in [0.25, 0.3) is 5.91 Å². The Kier molecular flexibility index (Phi) is 9.82. The molecule has 0 spiro atoms. The third-order valence-corrected chi connectivity index (χ3v) is 3.04. The smallest absolute Gasteiger partial charge is 0.251 e. The quantitative estimate of drug-likeness (QED) is 0.527. The van der Waals surface area contributed by atoms with Crippen molar-refractivity contribution in [3.8, 4) is 0 Å². The zero-order chi connectivity index (χ0) is 15.7. The maximum Gasteiger partial charge on any atom is 0.251 e. The first-order valence-electron chi connectivity index (χ1n) is 6.49. The fraction of sp³-hybridized carbons (Fsp3) is 0.286. The van der Waals surface area contributed by atoms with Crippen LogP contribution < -0.4 is 22.1 Å². The normalized spacial score (nSPS) is 12.0. The van der Waals surface area contributed by atoms with E-state index in [1.165, 1.54) is 5.54 Å². The number of halogens is 2. The molecule has 0 heterocycles. The standard InChI is InChI=1S/C14H19ClN4O2.ClH/c15-9-12(16)18-8-4-7-11(13(17)20)19-14(21)10-5-2-1-3-6-10;/h1-3,5-6,9,11,18H,4,7-8,16H2,(H2,17,20)(H,19,21);1H/t11-;/m0./s1.